The SMILES string of the molecule is CCCC(N)=NCc1ccon1. The molecule has 0 saturated heterocycles. The van der Waals surface area contributed by atoms with Crippen molar-refractivity contribution in [2.24, 2.45) is 10.7 Å². The zero-order chi connectivity index (χ0) is 8.81. The maximum absolute atomic E-state index is 5.59. The largest absolute Gasteiger partial charge is 0.387 e. The topological polar surface area (TPSA) is 64.4 Å². The molecule has 4 nitrogen and oxygen atoms in total. The molecule has 0 saturated carbocycles. The van der Waals surface area contributed by atoms with Crippen molar-refractivity contribution in [2.75, 3.05) is 0 Å². The van der Waals surface area contributed by atoms with Crippen LogP contribution in [0.25, 0.3) is 0 Å². The highest BCUT2D eigenvalue weighted by atomic mass is 16.5. The Morgan fingerprint density at radius 1 is 1.75 bits per heavy atom. The van der Waals surface area contributed by atoms with Crippen LogP contribution in [0, 0.1) is 0 Å². The van der Waals surface area contributed by atoms with E-state index in [0.29, 0.717) is 12.4 Å². The molecule has 1 aromatic heterocycles. The summed E-state index contributed by atoms with van der Waals surface area (Å²) >= 11 is 0. The minimum atomic E-state index is 0.516. The summed E-state index contributed by atoms with van der Waals surface area (Å²) < 4.78 is 4.65. The number of hydrogen-bond donors (Lipinski definition) is 1. The van der Waals surface area contributed by atoms with Crippen LogP contribution >= 0.6 is 0 Å². The van der Waals surface area contributed by atoms with Crippen LogP contribution in [0.15, 0.2) is 21.8 Å². The maximum atomic E-state index is 5.59. The summed E-state index contributed by atoms with van der Waals surface area (Å²) in [6, 6.07) is 1.78. The van der Waals surface area contributed by atoms with Crippen molar-refractivity contribution in [3.05, 3.63) is 18.0 Å². The molecule has 1 aromatic rings. The molecule has 66 valence electrons. The molecule has 0 aliphatic rings. The van der Waals surface area contributed by atoms with E-state index < -0.39 is 0 Å². The Balaban J connectivity index is 2.38. The molecule has 0 aliphatic heterocycles. The Kier molecular flexibility index (Phi) is 3.32. The summed E-state index contributed by atoms with van der Waals surface area (Å²) in [5.41, 5.74) is 6.41. The van der Waals surface area contributed by atoms with Crippen LogP contribution in [0.2, 0.25) is 0 Å². The van der Waals surface area contributed by atoms with Gasteiger partial charge in [0, 0.05) is 12.5 Å². The van der Waals surface area contributed by atoms with Crippen LogP contribution in [0.3, 0.4) is 0 Å². The van der Waals surface area contributed by atoms with Crippen molar-refractivity contribution in [3.63, 3.8) is 0 Å². The van der Waals surface area contributed by atoms with E-state index in [-0.39, 0.29) is 0 Å². The number of aromatic nitrogens is 1. The average Bonchev–Trinajstić information content (AvgIpc) is 2.53. The van der Waals surface area contributed by atoms with Crippen LogP contribution in [0.4, 0.5) is 0 Å². The molecule has 0 fully saturated rings. The van der Waals surface area contributed by atoms with Crippen molar-refractivity contribution in [1.82, 2.24) is 5.16 Å². The van der Waals surface area contributed by atoms with E-state index in [9.17, 15) is 0 Å². The van der Waals surface area contributed by atoms with Crippen molar-refractivity contribution in [3.8, 4) is 0 Å². The first-order chi connectivity index (χ1) is 5.83. The summed E-state index contributed by atoms with van der Waals surface area (Å²) in [6.45, 7) is 2.58. The molecule has 0 spiro atoms. The number of rotatable bonds is 4. The molecule has 1 rings (SSSR count). The predicted octanol–water partition coefficient (Wildman–Crippen LogP) is 1.33. The minimum Gasteiger partial charge on any atom is -0.387 e. The first-order valence-corrected chi connectivity index (χ1v) is 4.01. The third-order valence-electron chi connectivity index (χ3n) is 1.44. The van der Waals surface area contributed by atoms with Gasteiger partial charge in [-0.3, -0.25) is 4.99 Å². The Hall–Kier alpha value is -1.32. The van der Waals surface area contributed by atoms with E-state index in [1.165, 1.54) is 6.26 Å². The van der Waals surface area contributed by atoms with Gasteiger partial charge in [-0.1, -0.05) is 12.1 Å². The summed E-state index contributed by atoms with van der Waals surface area (Å²) in [4.78, 5) is 4.13. The summed E-state index contributed by atoms with van der Waals surface area (Å²) in [6.07, 6.45) is 3.40. The van der Waals surface area contributed by atoms with Gasteiger partial charge in [0.15, 0.2) is 0 Å². The monoisotopic (exact) mass is 167 g/mol. The number of amidine groups is 1. The lowest BCUT2D eigenvalue weighted by Gasteiger charge is -1.95. The molecule has 2 N–H and O–H groups in total. The van der Waals surface area contributed by atoms with Crippen molar-refractivity contribution >= 4 is 5.84 Å². The quantitative estimate of drug-likeness (QED) is 0.543. The first-order valence-electron chi connectivity index (χ1n) is 4.01. The minimum absolute atomic E-state index is 0.516. The number of hydrogen-bond acceptors (Lipinski definition) is 3. The lowest BCUT2D eigenvalue weighted by molar-refractivity contribution is 0.412. The molecule has 0 aromatic carbocycles. The highest BCUT2D eigenvalue weighted by Crippen LogP contribution is 1.97. The van der Waals surface area contributed by atoms with Crippen LogP contribution < -0.4 is 5.73 Å². The Labute approximate surface area is 71.5 Å². The van der Waals surface area contributed by atoms with Crippen molar-refractivity contribution in [1.29, 1.82) is 0 Å². The van der Waals surface area contributed by atoms with Gasteiger partial charge in [-0.05, 0) is 6.42 Å². The van der Waals surface area contributed by atoms with Crippen LogP contribution in [0.1, 0.15) is 25.5 Å². The molecule has 0 radical (unpaired) electrons. The zero-order valence-electron chi connectivity index (χ0n) is 7.16. The molecule has 0 aliphatic carbocycles. The number of nitrogens with two attached hydrogens (primary N) is 1. The highest BCUT2D eigenvalue weighted by molar-refractivity contribution is 5.80. The van der Waals surface area contributed by atoms with Crippen LogP contribution in [0.5, 0.6) is 0 Å². The molecule has 0 bridgehead atoms. The van der Waals surface area contributed by atoms with E-state index in [1.54, 1.807) is 6.07 Å². The first kappa shape index (κ1) is 8.77. The van der Waals surface area contributed by atoms with Gasteiger partial charge in [0.1, 0.15) is 12.0 Å². The third-order valence-corrected chi connectivity index (χ3v) is 1.44. The van der Waals surface area contributed by atoms with Crippen LogP contribution in [-0.4, -0.2) is 11.0 Å². The fraction of sp³-hybridized carbons (Fsp3) is 0.500. The van der Waals surface area contributed by atoms with Crippen molar-refractivity contribution in [2.45, 2.75) is 26.3 Å². The molecule has 0 atom stereocenters. The molecule has 4 heteroatoms. The van der Waals surface area contributed by atoms with Gasteiger partial charge in [-0.2, -0.15) is 0 Å². The predicted molar refractivity (Wildman–Crippen MR) is 46.7 cm³/mol. The number of nitrogens with zero attached hydrogens (tertiary/aromatic N) is 2. The van der Waals surface area contributed by atoms with Gasteiger partial charge in [-0.15, -0.1) is 0 Å². The third kappa shape index (κ3) is 2.74. The fourth-order valence-corrected chi connectivity index (χ4v) is 0.837. The Morgan fingerprint density at radius 2 is 2.58 bits per heavy atom. The van der Waals surface area contributed by atoms with Gasteiger partial charge in [0.05, 0.1) is 12.4 Å². The van der Waals surface area contributed by atoms with E-state index in [2.05, 4.69) is 21.6 Å². The number of aliphatic imine (C=N–C) groups is 1. The normalized spacial score (nSPS) is 11.9. The zero-order valence-corrected chi connectivity index (χ0v) is 7.16. The van der Waals surface area contributed by atoms with Gasteiger partial charge in [0.25, 0.3) is 0 Å². The highest BCUT2D eigenvalue weighted by Gasteiger charge is 1.94. The summed E-state index contributed by atoms with van der Waals surface area (Å²) in [7, 11) is 0. The molecule has 0 unspecified atom stereocenters. The second kappa shape index (κ2) is 4.54. The second-order valence-electron chi connectivity index (χ2n) is 2.55. The maximum Gasteiger partial charge on any atom is 0.124 e. The standard InChI is InChI=1S/C8H13N3O/c1-2-3-8(9)10-6-7-4-5-12-11-7/h4-5H,2-3,6H2,1H3,(H2,9,10). The van der Waals surface area contributed by atoms with E-state index in [4.69, 9.17) is 5.73 Å². The van der Waals surface area contributed by atoms with E-state index >= 15 is 0 Å². The smallest absolute Gasteiger partial charge is 0.124 e. The Bertz CT molecular complexity index is 241. The van der Waals surface area contributed by atoms with E-state index in [0.717, 1.165) is 18.5 Å². The average molecular weight is 167 g/mol. The van der Waals surface area contributed by atoms with Gasteiger partial charge in [-0.25, -0.2) is 0 Å². The molecule has 0 amide bonds. The van der Waals surface area contributed by atoms with Gasteiger partial charge in [0.2, 0.25) is 0 Å². The molecule has 1 heterocycles. The Morgan fingerprint density at radius 3 is 3.17 bits per heavy atom. The summed E-state index contributed by atoms with van der Waals surface area (Å²) in [5, 5.41) is 3.71. The van der Waals surface area contributed by atoms with Crippen LogP contribution in [-0.2, 0) is 6.54 Å². The molecule has 12 heavy (non-hydrogen) atoms. The van der Waals surface area contributed by atoms with Gasteiger partial charge >= 0.3 is 0 Å². The fourth-order valence-electron chi connectivity index (χ4n) is 0.837. The lowest BCUT2D eigenvalue weighted by Crippen LogP contribution is -2.11. The second-order valence-corrected chi connectivity index (χ2v) is 2.55. The van der Waals surface area contributed by atoms with E-state index in [1.807, 2.05) is 0 Å². The van der Waals surface area contributed by atoms with Gasteiger partial charge < -0.3 is 10.3 Å². The molecular formula is C8H13N3O. The molecular weight excluding hydrogens is 154 g/mol. The summed E-state index contributed by atoms with van der Waals surface area (Å²) in [5.74, 6) is 0.681. The lowest BCUT2D eigenvalue weighted by atomic mass is 10.3. The van der Waals surface area contributed by atoms with Crippen molar-refractivity contribution < 1.29 is 4.52 Å².